The minimum atomic E-state index is 0.171. The highest BCUT2D eigenvalue weighted by molar-refractivity contribution is 5.97. The zero-order chi connectivity index (χ0) is 34.3. The van der Waals surface area contributed by atoms with Crippen LogP contribution < -0.4 is 18.9 Å². The molecule has 0 spiro atoms. The normalized spacial score (nSPS) is 11.1. The Morgan fingerprint density at radius 2 is 0.812 bits per heavy atom. The van der Waals surface area contributed by atoms with E-state index in [1.165, 1.54) is 0 Å². The van der Waals surface area contributed by atoms with Crippen LogP contribution in [0.15, 0.2) is 48.5 Å². The lowest BCUT2D eigenvalue weighted by atomic mass is 9.95. The van der Waals surface area contributed by atoms with Crippen molar-refractivity contribution in [2.75, 3.05) is 68.1 Å². The molecule has 0 heterocycles. The number of hydrogen-bond acceptors (Lipinski definition) is 9. The molecule has 4 aromatic rings. The summed E-state index contributed by atoms with van der Waals surface area (Å²) in [7, 11) is 6.81. The van der Waals surface area contributed by atoms with Crippen LogP contribution in [0.3, 0.4) is 0 Å². The molecule has 10 nitrogen and oxygen atoms in total. The van der Waals surface area contributed by atoms with E-state index in [2.05, 4.69) is 38.1 Å². The average molecular weight is 665 g/mol. The molecule has 0 aliphatic rings. The quantitative estimate of drug-likeness (QED) is 0.0620. The summed E-state index contributed by atoms with van der Waals surface area (Å²) >= 11 is 0. The molecular weight excluding hydrogens is 614 g/mol. The van der Waals surface area contributed by atoms with E-state index in [0.717, 1.165) is 92.5 Å². The third kappa shape index (κ3) is 8.99. The largest absolute Gasteiger partial charge is 0.496 e. The summed E-state index contributed by atoms with van der Waals surface area (Å²) in [6.07, 6.45) is 4.39. The SMILES string of the molecule is COc1c(C)c(CCCOCCCO[N+](=O)OCCCOCCCc2c(C)c(OC)c3ccccc3c2OC)c(OC)c2ccccc12. The molecule has 0 radical (unpaired) electrons. The average Bonchev–Trinajstić information content (AvgIpc) is 3.10. The predicted molar refractivity (Wildman–Crippen MR) is 187 cm³/mol. The number of methoxy groups -OCH3 is 4. The topological polar surface area (TPSA) is 93.9 Å². The van der Waals surface area contributed by atoms with Crippen molar-refractivity contribution < 1.29 is 43.2 Å². The van der Waals surface area contributed by atoms with E-state index in [1.54, 1.807) is 28.4 Å². The van der Waals surface area contributed by atoms with Gasteiger partial charge in [0.25, 0.3) is 0 Å². The van der Waals surface area contributed by atoms with E-state index >= 15 is 0 Å². The molecule has 0 N–H and O–H groups in total. The first kappa shape index (κ1) is 36.6. The molecule has 0 aromatic heterocycles. The molecule has 4 aromatic carbocycles. The van der Waals surface area contributed by atoms with Gasteiger partial charge in [-0.25, -0.2) is 0 Å². The van der Waals surface area contributed by atoms with Crippen LogP contribution in [-0.4, -0.2) is 73.2 Å². The molecule has 0 atom stereocenters. The Morgan fingerprint density at radius 3 is 1.17 bits per heavy atom. The molecule has 0 saturated carbocycles. The van der Waals surface area contributed by atoms with Crippen LogP contribution >= 0.6 is 0 Å². The molecule has 0 fully saturated rings. The number of benzene rings is 4. The van der Waals surface area contributed by atoms with E-state index in [-0.39, 0.29) is 18.3 Å². The van der Waals surface area contributed by atoms with Crippen molar-refractivity contribution in [2.24, 2.45) is 0 Å². The minimum absolute atomic E-state index is 0.171. The zero-order valence-corrected chi connectivity index (χ0v) is 29.2. The maximum absolute atomic E-state index is 11.8. The molecule has 0 aliphatic carbocycles. The van der Waals surface area contributed by atoms with Gasteiger partial charge in [-0.15, -0.1) is 0 Å². The Kier molecular flexibility index (Phi) is 14.4. The van der Waals surface area contributed by atoms with Crippen LogP contribution in [0.5, 0.6) is 23.0 Å². The van der Waals surface area contributed by atoms with E-state index in [4.69, 9.17) is 38.1 Å². The highest BCUT2D eigenvalue weighted by atomic mass is 17.0. The van der Waals surface area contributed by atoms with E-state index in [1.807, 2.05) is 24.3 Å². The summed E-state index contributed by atoms with van der Waals surface area (Å²) in [5.74, 6) is 3.52. The van der Waals surface area contributed by atoms with E-state index in [0.29, 0.717) is 39.3 Å². The van der Waals surface area contributed by atoms with Gasteiger partial charge in [-0.2, -0.15) is 9.68 Å². The number of rotatable bonds is 22. The fourth-order valence-corrected chi connectivity index (χ4v) is 6.24. The van der Waals surface area contributed by atoms with E-state index < -0.39 is 0 Å². The lowest BCUT2D eigenvalue weighted by Crippen LogP contribution is -2.14. The van der Waals surface area contributed by atoms with Crippen LogP contribution in [0.1, 0.15) is 47.9 Å². The van der Waals surface area contributed by atoms with E-state index in [9.17, 15) is 4.91 Å². The first-order valence-corrected chi connectivity index (χ1v) is 16.6. The second-order valence-corrected chi connectivity index (χ2v) is 11.5. The molecule has 0 saturated heterocycles. The van der Waals surface area contributed by atoms with Gasteiger partial charge in [-0.05, 0) is 50.7 Å². The van der Waals surface area contributed by atoms with Crippen molar-refractivity contribution in [2.45, 2.75) is 52.4 Å². The molecule has 48 heavy (non-hydrogen) atoms. The predicted octanol–water partition coefficient (Wildman–Crippen LogP) is 7.67. The van der Waals surface area contributed by atoms with Crippen molar-refractivity contribution >= 4 is 21.5 Å². The molecule has 10 heteroatoms. The summed E-state index contributed by atoms with van der Waals surface area (Å²) in [5.41, 5.74) is 4.42. The maximum atomic E-state index is 11.8. The standard InChI is InChI=1S/C38H50NO9/c1-27-29(37(43-5)33-17-9-7-15-31(33)35(27)41-3)19-11-21-45-23-13-25-47-39(40)48-26-14-24-46-22-12-20-30-28(2)36(42-4)32-16-8-10-18-34(32)38(30)44-6/h7-10,15-18H,11-14,19-26H2,1-6H3/q+1. The molecular formula is C38H50NO9+. The van der Waals surface area contributed by atoms with Crippen LogP contribution in [0.2, 0.25) is 0 Å². The monoisotopic (exact) mass is 664 g/mol. The van der Waals surface area contributed by atoms with Gasteiger partial charge < -0.3 is 28.4 Å². The van der Waals surface area contributed by atoms with Crippen molar-refractivity contribution in [1.29, 1.82) is 0 Å². The van der Waals surface area contributed by atoms with Gasteiger partial charge in [-0.1, -0.05) is 48.5 Å². The molecule has 0 bridgehead atoms. The summed E-state index contributed by atoms with van der Waals surface area (Å²) < 4.78 is 34.6. The van der Waals surface area contributed by atoms with Gasteiger partial charge in [0.05, 0.1) is 41.7 Å². The minimum Gasteiger partial charge on any atom is -0.496 e. The van der Waals surface area contributed by atoms with Gasteiger partial charge in [0.15, 0.2) is 13.2 Å². The lowest BCUT2D eigenvalue weighted by Gasteiger charge is -2.19. The van der Waals surface area contributed by atoms with Gasteiger partial charge in [0.1, 0.15) is 27.9 Å². The molecule has 260 valence electrons. The lowest BCUT2D eigenvalue weighted by molar-refractivity contribution is -0.981. The van der Waals surface area contributed by atoms with Crippen molar-refractivity contribution in [3.8, 4) is 23.0 Å². The molecule has 0 unspecified atom stereocenters. The fraction of sp³-hybridized carbons (Fsp3) is 0.474. The number of nitrogens with zero attached hydrogens (tertiary/aromatic N) is 1. The van der Waals surface area contributed by atoms with Crippen LogP contribution in [0.25, 0.3) is 21.5 Å². The van der Waals surface area contributed by atoms with Gasteiger partial charge in [-0.3, -0.25) is 0 Å². The van der Waals surface area contributed by atoms with Crippen LogP contribution in [0, 0.1) is 18.8 Å². The highest BCUT2D eigenvalue weighted by Crippen LogP contribution is 2.42. The van der Waals surface area contributed by atoms with Gasteiger partial charge in [0, 0.05) is 58.7 Å². The number of fused-ring (bicyclic) bond motifs is 2. The first-order valence-electron chi connectivity index (χ1n) is 16.6. The summed E-state index contributed by atoms with van der Waals surface area (Å²) in [5, 5.41) is 4.34. The Balaban J connectivity index is 1.05. The smallest absolute Gasteiger partial charge is 0.477 e. The Labute approximate surface area is 283 Å². The zero-order valence-electron chi connectivity index (χ0n) is 29.2. The highest BCUT2D eigenvalue weighted by Gasteiger charge is 2.19. The van der Waals surface area contributed by atoms with Crippen LogP contribution in [-0.2, 0) is 32.0 Å². The van der Waals surface area contributed by atoms with Crippen LogP contribution in [0.4, 0.5) is 0 Å². The Morgan fingerprint density at radius 1 is 0.479 bits per heavy atom. The summed E-state index contributed by atoms with van der Waals surface area (Å²) in [6.45, 7) is 6.67. The molecule has 0 aliphatic heterocycles. The Hall–Kier alpha value is -4.28. The molecule has 0 amide bonds. The second kappa shape index (κ2) is 18.9. The molecule has 4 rings (SSSR count). The van der Waals surface area contributed by atoms with Gasteiger partial charge >= 0.3 is 5.09 Å². The summed E-state index contributed by atoms with van der Waals surface area (Å²) in [6, 6.07) is 16.2. The summed E-state index contributed by atoms with van der Waals surface area (Å²) in [4.78, 5) is 22.0. The Bertz CT molecular complexity index is 1520. The third-order valence-electron chi connectivity index (χ3n) is 8.47. The second-order valence-electron chi connectivity index (χ2n) is 11.5. The third-order valence-corrected chi connectivity index (χ3v) is 8.47. The fourth-order valence-electron chi connectivity index (χ4n) is 6.24. The first-order chi connectivity index (χ1) is 23.5. The number of hydrogen-bond donors (Lipinski definition) is 0. The number of ether oxygens (including phenoxy) is 6. The van der Waals surface area contributed by atoms with Gasteiger partial charge in [0.2, 0.25) is 0 Å². The van der Waals surface area contributed by atoms with Crippen molar-refractivity contribution in [3.63, 3.8) is 0 Å². The van der Waals surface area contributed by atoms with Crippen molar-refractivity contribution in [1.82, 2.24) is 0 Å². The van der Waals surface area contributed by atoms with Crippen molar-refractivity contribution in [3.05, 3.63) is 75.7 Å². The maximum Gasteiger partial charge on any atom is 0.477 e.